The molecule has 2 heterocycles. The van der Waals surface area contributed by atoms with E-state index >= 15 is 0 Å². The molecule has 0 spiro atoms. The highest BCUT2D eigenvalue weighted by atomic mass is 16.5. The number of aromatic nitrogens is 2. The first kappa shape index (κ1) is 12.6. The Kier molecular flexibility index (Phi) is 2.71. The first-order valence-electron chi connectivity index (χ1n) is 8.47. The van der Waals surface area contributed by atoms with Gasteiger partial charge in [-0.1, -0.05) is 5.16 Å². The quantitative estimate of drug-likeness (QED) is 0.904. The molecule has 0 aromatic carbocycles. The fourth-order valence-electron chi connectivity index (χ4n) is 5.69. The lowest BCUT2D eigenvalue weighted by atomic mass is 9.49. The van der Waals surface area contributed by atoms with Gasteiger partial charge in [-0.3, -0.25) is 0 Å². The third-order valence-electron chi connectivity index (χ3n) is 6.16. The van der Waals surface area contributed by atoms with E-state index in [4.69, 9.17) is 14.2 Å². The molecule has 0 amide bonds. The monoisotopic (exact) mass is 289 g/mol. The van der Waals surface area contributed by atoms with Crippen molar-refractivity contribution in [3.8, 4) is 0 Å². The Hall–Kier alpha value is -0.940. The summed E-state index contributed by atoms with van der Waals surface area (Å²) in [6.45, 7) is 2.41. The van der Waals surface area contributed by atoms with Gasteiger partial charge in [0, 0.05) is 18.5 Å². The summed E-state index contributed by atoms with van der Waals surface area (Å²) in [5.41, 5.74) is 0.221. The minimum atomic E-state index is -0.0612. The lowest BCUT2D eigenvalue weighted by molar-refractivity contribution is -0.0103. The van der Waals surface area contributed by atoms with Gasteiger partial charge in [-0.15, -0.1) is 0 Å². The minimum absolute atomic E-state index is 0.0612. The van der Waals surface area contributed by atoms with E-state index < -0.39 is 0 Å². The fourth-order valence-corrected chi connectivity index (χ4v) is 5.69. The van der Waals surface area contributed by atoms with Crippen molar-refractivity contribution in [2.45, 2.75) is 50.0 Å². The molecular formula is C16H23N3O2. The van der Waals surface area contributed by atoms with Gasteiger partial charge in [-0.2, -0.15) is 4.98 Å². The topological polar surface area (TPSA) is 60.2 Å². The van der Waals surface area contributed by atoms with Crippen molar-refractivity contribution in [2.75, 3.05) is 19.7 Å². The Labute approximate surface area is 124 Å². The van der Waals surface area contributed by atoms with Crippen LogP contribution in [0.1, 0.15) is 56.3 Å². The Morgan fingerprint density at radius 3 is 2.38 bits per heavy atom. The molecule has 1 unspecified atom stereocenters. The lowest BCUT2D eigenvalue weighted by Gasteiger charge is -2.55. The third kappa shape index (κ3) is 1.97. The Bertz CT molecular complexity index is 500. The van der Waals surface area contributed by atoms with E-state index in [1.54, 1.807) is 0 Å². The highest BCUT2D eigenvalue weighted by molar-refractivity contribution is 5.16. The molecule has 5 heteroatoms. The standard InChI is InChI=1S/C16H23N3O2/c1-2-20-13(9-17-1)14-18-15(19-21-14)16-6-10-3-11(7-16)5-12(4-10)8-16/h10-13,17H,1-9H2. The van der Waals surface area contributed by atoms with Crippen LogP contribution in [-0.4, -0.2) is 29.8 Å². The largest absolute Gasteiger partial charge is 0.366 e. The van der Waals surface area contributed by atoms with Crippen LogP contribution < -0.4 is 5.32 Å². The molecule has 5 nitrogen and oxygen atoms in total. The van der Waals surface area contributed by atoms with Gasteiger partial charge in [0.15, 0.2) is 5.82 Å². The number of nitrogens with one attached hydrogen (secondary N) is 1. The second kappa shape index (κ2) is 4.53. The van der Waals surface area contributed by atoms with Crippen molar-refractivity contribution < 1.29 is 9.26 Å². The maximum Gasteiger partial charge on any atom is 0.257 e. The normalized spacial score (nSPS) is 45.1. The molecule has 1 saturated heterocycles. The zero-order valence-electron chi connectivity index (χ0n) is 12.4. The second-order valence-electron chi connectivity index (χ2n) is 7.72. The van der Waals surface area contributed by atoms with Gasteiger partial charge in [0.25, 0.3) is 5.89 Å². The van der Waals surface area contributed by atoms with Gasteiger partial charge in [0.2, 0.25) is 0 Å². The third-order valence-corrected chi connectivity index (χ3v) is 6.16. The van der Waals surface area contributed by atoms with E-state index in [0.29, 0.717) is 5.89 Å². The summed E-state index contributed by atoms with van der Waals surface area (Å²) in [6, 6.07) is 0. The molecule has 4 saturated carbocycles. The van der Waals surface area contributed by atoms with Crippen molar-refractivity contribution in [1.82, 2.24) is 15.5 Å². The minimum Gasteiger partial charge on any atom is -0.366 e. The average molecular weight is 289 g/mol. The molecule has 1 aromatic heterocycles. The van der Waals surface area contributed by atoms with Crippen molar-refractivity contribution in [3.63, 3.8) is 0 Å². The summed E-state index contributed by atoms with van der Waals surface area (Å²) in [6.07, 6.45) is 8.11. The van der Waals surface area contributed by atoms with Gasteiger partial charge < -0.3 is 14.6 Å². The molecule has 1 aromatic rings. The molecule has 1 aliphatic heterocycles. The zero-order chi connectivity index (χ0) is 13.9. The van der Waals surface area contributed by atoms with Crippen LogP contribution in [0.4, 0.5) is 0 Å². The molecule has 0 radical (unpaired) electrons. The molecule has 5 aliphatic rings. The second-order valence-corrected chi connectivity index (χ2v) is 7.72. The number of nitrogens with zero attached hydrogens (tertiary/aromatic N) is 2. The summed E-state index contributed by atoms with van der Waals surface area (Å²) in [4.78, 5) is 4.78. The fraction of sp³-hybridized carbons (Fsp3) is 0.875. The smallest absolute Gasteiger partial charge is 0.257 e. The van der Waals surface area contributed by atoms with Gasteiger partial charge in [0.05, 0.1) is 6.61 Å². The zero-order valence-corrected chi connectivity index (χ0v) is 12.4. The maximum atomic E-state index is 5.74. The number of hydrogen-bond donors (Lipinski definition) is 1. The van der Waals surface area contributed by atoms with Crippen LogP contribution in [0.15, 0.2) is 4.52 Å². The number of ether oxygens (including phenoxy) is 1. The molecule has 114 valence electrons. The van der Waals surface area contributed by atoms with Crippen molar-refractivity contribution in [3.05, 3.63) is 11.7 Å². The number of rotatable bonds is 2. The van der Waals surface area contributed by atoms with Crippen LogP contribution in [0, 0.1) is 17.8 Å². The van der Waals surface area contributed by atoms with E-state index in [1.165, 1.54) is 38.5 Å². The highest BCUT2D eigenvalue weighted by Crippen LogP contribution is 2.60. The first-order chi connectivity index (χ1) is 10.3. The first-order valence-corrected chi connectivity index (χ1v) is 8.47. The predicted molar refractivity (Wildman–Crippen MR) is 75.7 cm³/mol. The van der Waals surface area contributed by atoms with Crippen LogP contribution in [0.3, 0.4) is 0 Å². The number of hydrogen-bond acceptors (Lipinski definition) is 5. The summed E-state index contributed by atoms with van der Waals surface area (Å²) < 4.78 is 11.3. The Balaban J connectivity index is 1.44. The van der Waals surface area contributed by atoms with Gasteiger partial charge in [-0.05, 0) is 56.3 Å². The van der Waals surface area contributed by atoms with E-state index in [2.05, 4.69) is 10.5 Å². The van der Waals surface area contributed by atoms with E-state index in [0.717, 1.165) is 43.3 Å². The molecule has 4 aliphatic carbocycles. The van der Waals surface area contributed by atoms with Crippen LogP contribution in [0.2, 0.25) is 0 Å². The van der Waals surface area contributed by atoms with Crippen LogP contribution >= 0.6 is 0 Å². The van der Waals surface area contributed by atoms with E-state index in [9.17, 15) is 0 Å². The predicted octanol–water partition coefficient (Wildman–Crippen LogP) is 2.20. The summed E-state index contributed by atoms with van der Waals surface area (Å²) in [5.74, 6) is 4.38. The lowest BCUT2D eigenvalue weighted by Crippen LogP contribution is -2.49. The van der Waals surface area contributed by atoms with Gasteiger partial charge >= 0.3 is 0 Å². The molecule has 1 N–H and O–H groups in total. The molecule has 1 atom stereocenters. The number of morpholine rings is 1. The molecule has 21 heavy (non-hydrogen) atoms. The van der Waals surface area contributed by atoms with Crippen LogP contribution in [0.5, 0.6) is 0 Å². The van der Waals surface area contributed by atoms with Crippen molar-refractivity contribution in [2.24, 2.45) is 17.8 Å². The Morgan fingerprint density at radius 2 is 1.76 bits per heavy atom. The van der Waals surface area contributed by atoms with Crippen LogP contribution in [0.25, 0.3) is 0 Å². The molecular weight excluding hydrogens is 266 g/mol. The molecule has 4 bridgehead atoms. The van der Waals surface area contributed by atoms with Gasteiger partial charge in [-0.25, -0.2) is 0 Å². The summed E-state index contributed by atoms with van der Waals surface area (Å²) >= 11 is 0. The summed E-state index contributed by atoms with van der Waals surface area (Å²) in [7, 11) is 0. The van der Waals surface area contributed by atoms with E-state index in [-0.39, 0.29) is 11.5 Å². The van der Waals surface area contributed by atoms with Crippen molar-refractivity contribution >= 4 is 0 Å². The SMILES string of the molecule is C1COC(c2nc(C34CC5CC(CC(C5)C3)C4)no2)CN1. The average Bonchev–Trinajstić information content (AvgIpc) is 2.97. The van der Waals surface area contributed by atoms with Crippen molar-refractivity contribution in [1.29, 1.82) is 0 Å². The van der Waals surface area contributed by atoms with Crippen LogP contribution in [-0.2, 0) is 10.2 Å². The van der Waals surface area contributed by atoms with E-state index in [1.807, 2.05) is 0 Å². The molecule has 6 rings (SSSR count). The highest BCUT2D eigenvalue weighted by Gasteiger charge is 2.54. The molecule has 5 fully saturated rings. The van der Waals surface area contributed by atoms with Gasteiger partial charge in [0.1, 0.15) is 6.10 Å². The Morgan fingerprint density at radius 1 is 1.05 bits per heavy atom. The summed E-state index contributed by atoms with van der Waals surface area (Å²) in [5, 5.41) is 7.71. The maximum absolute atomic E-state index is 5.74.